The minimum absolute atomic E-state index is 0.290. The Bertz CT molecular complexity index is 1030. The molecule has 6 nitrogen and oxygen atoms in total. The van der Waals surface area contributed by atoms with Gasteiger partial charge in [0.15, 0.2) is 0 Å². The summed E-state index contributed by atoms with van der Waals surface area (Å²) >= 11 is 0. The molecule has 0 saturated carbocycles. The Morgan fingerprint density at radius 2 is 1.90 bits per heavy atom. The predicted molar refractivity (Wildman–Crippen MR) is 107 cm³/mol. The van der Waals surface area contributed by atoms with E-state index in [1.54, 1.807) is 0 Å². The summed E-state index contributed by atoms with van der Waals surface area (Å²) in [6.07, 6.45) is -3.74. The van der Waals surface area contributed by atoms with E-state index in [1.165, 1.54) is 5.56 Å². The van der Waals surface area contributed by atoms with Gasteiger partial charge in [-0.2, -0.15) is 13.2 Å². The lowest BCUT2D eigenvalue weighted by Gasteiger charge is -2.25. The maximum absolute atomic E-state index is 12.8. The number of fused-ring (bicyclic) bond motifs is 1. The number of carbonyl (C=O) groups excluding carboxylic acids is 1. The molecule has 1 amide bonds. The van der Waals surface area contributed by atoms with Crippen LogP contribution in [0.2, 0.25) is 0 Å². The maximum Gasteiger partial charge on any atom is 0.416 e. The van der Waals surface area contributed by atoms with Crippen LogP contribution in [0, 0.1) is 0 Å². The maximum atomic E-state index is 12.8. The second-order valence-corrected chi connectivity index (χ2v) is 8.84. The number of amides is 1. The number of alkyl halides is 3. The average Bonchev–Trinajstić information content (AvgIpc) is 3.01. The highest BCUT2D eigenvalue weighted by Gasteiger charge is 2.31. The molecule has 30 heavy (non-hydrogen) atoms. The van der Waals surface area contributed by atoms with E-state index < -0.39 is 39.1 Å². The SMILES string of the molecule is CC1Cc2ccccc2N1CCNC(=O)CNS(=O)(=O)c1cccc(C(F)(F)F)c1. The van der Waals surface area contributed by atoms with Crippen molar-refractivity contribution in [3.8, 4) is 0 Å². The molecule has 2 aromatic rings. The van der Waals surface area contributed by atoms with Crippen LogP contribution in [-0.2, 0) is 27.4 Å². The largest absolute Gasteiger partial charge is 0.416 e. The van der Waals surface area contributed by atoms with Crippen molar-refractivity contribution in [2.45, 2.75) is 30.5 Å². The zero-order valence-electron chi connectivity index (χ0n) is 16.2. The zero-order chi connectivity index (χ0) is 21.9. The molecule has 3 rings (SSSR count). The summed E-state index contributed by atoms with van der Waals surface area (Å²) < 4.78 is 64.8. The Balaban J connectivity index is 1.51. The van der Waals surface area contributed by atoms with Gasteiger partial charge in [0, 0.05) is 24.8 Å². The summed E-state index contributed by atoms with van der Waals surface area (Å²) in [5.41, 5.74) is 1.28. The fraction of sp³-hybridized carbons (Fsp3) is 0.350. The minimum Gasteiger partial charge on any atom is -0.367 e. The topological polar surface area (TPSA) is 78.5 Å². The fourth-order valence-corrected chi connectivity index (χ4v) is 4.46. The standard InChI is InChI=1S/C20H22F3N3O3S/c1-14-11-15-5-2-3-8-18(15)26(14)10-9-24-19(27)13-25-30(28,29)17-7-4-6-16(12-17)20(21,22)23/h2-8,12,14,25H,9-11,13H2,1H3,(H,24,27). The number of carbonyl (C=O) groups is 1. The van der Waals surface area contributed by atoms with Crippen molar-refractivity contribution in [1.29, 1.82) is 0 Å². The zero-order valence-corrected chi connectivity index (χ0v) is 17.1. The van der Waals surface area contributed by atoms with Gasteiger partial charge in [-0.3, -0.25) is 4.79 Å². The van der Waals surface area contributed by atoms with Crippen molar-refractivity contribution >= 4 is 21.6 Å². The van der Waals surface area contributed by atoms with Crippen LogP contribution in [0.3, 0.4) is 0 Å². The van der Waals surface area contributed by atoms with Crippen LogP contribution in [0.5, 0.6) is 0 Å². The van der Waals surface area contributed by atoms with Gasteiger partial charge in [0.25, 0.3) is 0 Å². The number of hydrogen-bond acceptors (Lipinski definition) is 4. The number of anilines is 1. The third-order valence-electron chi connectivity index (χ3n) is 4.92. The Kier molecular flexibility index (Phi) is 6.37. The molecule has 0 radical (unpaired) electrons. The molecule has 0 aliphatic carbocycles. The number of halogens is 3. The molecule has 0 spiro atoms. The summed E-state index contributed by atoms with van der Waals surface area (Å²) in [4.78, 5) is 13.6. The number of nitrogens with zero attached hydrogens (tertiary/aromatic N) is 1. The first-order valence-electron chi connectivity index (χ1n) is 9.36. The third kappa shape index (κ3) is 5.11. The lowest BCUT2D eigenvalue weighted by molar-refractivity contribution is -0.137. The molecule has 0 fully saturated rings. The van der Waals surface area contributed by atoms with Crippen LogP contribution in [-0.4, -0.2) is 40.0 Å². The number of rotatable bonds is 7. The van der Waals surface area contributed by atoms with Gasteiger partial charge in [-0.25, -0.2) is 13.1 Å². The molecule has 162 valence electrons. The molecule has 10 heteroatoms. The molecule has 0 bridgehead atoms. The number of hydrogen-bond donors (Lipinski definition) is 2. The first-order chi connectivity index (χ1) is 14.1. The van der Waals surface area contributed by atoms with Crippen molar-refractivity contribution in [2.75, 3.05) is 24.5 Å². The first-order valence-corrected chi connectivity index (χ1v) is 10.8. The second-order valence-electron chi connectivity index (χ2n) is 7.08. The molecule has 1 heterocycles. The first kappa shape index (κ1) is 22.1. The van der Waals surface area contributed by atoms with Crippen LogP contribution in [0.4, 0.5) is 18.9 Å². The van der Waals surface area contributed by atoms with E-state index in [2.05, 4.69) is 23.2 Å². The van der Waals surface area contributed by atoms with E-state index in [1.807, 2.05) is 22.9 Å². The van der Waals surface area contributed by atoms with Gasteiger partial charge in [-0.05, 0) is 43.2 Å². The van der Waals surface area contributed by atoms with Gasteiger partial charge in [0.1, 0.15) is 0 Å². The van der Waals surface area contributed by atoms with Crippen molar-refractivity contribution < 1.29 is 26.4 Å². The Hall–Kier alpha value is -2.59. The highest BCUT2D eigenvalue weighted by molar-refractivity contribution is 7.89. The Morgan fingerprint density at radius 3 is 2.63 bits per heavy atom. The van der Waals surface area contributed by atoms with E-state index in [4.69, 9.17) is 0 Å². The molecule has 0 aromatic heterocycles. The van der Waals surface area contributed by atoms with Crippen molar-refractivity contribution in [2.24, 2.45) is 0 Å². The smallest absolute Gasteiger partial charge is 0.367 e. The Labute approximate surface area is 173 Å². The van der Waals surface area contributed by atoms with Gasteiger partial charge in [0.2, 0.25) is 15.9 Å². The average molecular weight is 441 g/mol. The summed E-state index contributed by atoms with van der Waals surface area (Å²) in [6.45, 7) is 2.39. The van der Waals surface area contributed by atoms with Gasteiger partial charge < -0.3 is 10.2 Å². The van der Waals surface area contributed by atoms with E-state index >= 15 is 0 Å². The summed E-state index contributed by atoms with van der Waals surface area (Å²) in [7, 11) is -4.25. The molecule has 1 atom stereocenters. The summed E-state index contributed by atoms with van der Waals surface area (Å²) in [6, 6.07) is 11.7. The predicted octanol–water partition coefficient (Wildman–Crippen LogP) is 2.55. The molecular weight excluding hydrogens is 419 g/mol. The van der Waals surface area contributed by atoms with E-state index in [-0.39, 0.29) is 0 Å². The summed E-state index contributed by atoms with van der Waals surface area (Å²) in [5.74, 6) is -0.564. The highest BCUT2D eigenvalue weighted by atomic mass is 32.2. The van der Waals surface area contributed by atoms with Crippen LogP contribution < -0.4 is 14.9 Å². The van der Waals surface area contributed by atoms with Gasteiger partial charge >= 0.3 is 6.18 Å². The van der Waals surface area contributed by atoms with Crippen LogP contribution in [0.15, 0.2) is 53.4 Å². The number of benzene rings is 2. The molecular formula is C20H22F3N3O3S. The van der Waals surface area contributed by atoms with E-state index in [0.29, 0.717) is 25.2 Å². The lowest BCUT2D eigenvalue weighted by Crippen LogP contribution is -2.41. The van der Waals surface area contributed by atoms with Crippen molar-refractivity contribution in [3.05, 3.63) is 59.7 Å². The van der Waals surface area contributed by atoms with Crippen LogP contribution in [0.25, 0.3) is 0 Å². The van der Waals surface area contributed by atoms with Crippen LogP contribution in [0.1, 0.15) is 18.1 Å². The number of nitrogens with one attached hydrogen (secondary N) is 2. The number of para-hydroxylation sites is 1. The lowest BCUT2D eigenvalue weighted by atomic mass is 10.1. The van der Waals surface area contributed by atoms with Gasteiger partial charge in [0.05, 0.1) is 17.0 Å². The highest BCUT2D eigenvalue weighted by Crippen LogP contribution is 2.31. The summed E-state index contributed by atoms with van der Waals surface area (Å²) in [5, 5.41) is 2.63. The van der Waals surface area contributed by atoms with Gasteiger partial charge in [-0.1, -0.05) is 24.3 Å². The normalized spacial score (nSPS) is 16.4. The van der Waals surface area contributed by atoms with Crippen LogP contribution >= 0.6 is 0 Å². The molecule has 1 aliphatic rings. The molecule has 0 saturated heterocycles. The minimum atomic E-state index is -4.66. The number of sulfonamides is 1. The quantitative estimate of drug-likeness (QED) is 0.692. The molecule has 1 aliphatic heterocycles. The molecule has 2 N–H and O–H groups in total. The van der Waals surface area contributed by atoms with Crippen molar-refractivity contribution in [1.82, 2.24) is 10.0 Å². The fourth-order valence-electron chi connectivity index (χ4n) is 3.43. The van der Waals surface area contributed by atoms with E-state index in [9.17, 15) is 26.4 Å². The monoisotopic (exact) mass is 441 g/mol. The van der Waals surface area contributed by atoms with Crippen molar-refractivity contribution in [3.63, 3.8) is 0 Å². The molecule has 2 aromatic carbocycles. The van der Waals surface area contributed by atoms with E-state index in [0.717, 1.165) is 30.3 Å². The molecule has 1 unspecified atom stereocenters. The van der Waals surface area contributed by atoms with Gasteiger partial charge in [-0.15, -0.1) is 0 Å². The third-order valence-corrected chi connectivity index (χ3v) is 6.32. The Morgan fingerprint density at radius 1 is 1.17 bits per heavy atom. The second kappa shape index (κ2) is 8.65.